The van der Waals surface area contributed by atoms with Crippen LogP contribution in [0.2, 0.25) is 0 Å². The van der Waals surface area contributed by atoms with Gasteiger partial charge in [0.15, 0.2) is 0 Å². The Kier molecular flexibility index (Phi) is 3.35. The minimum atomic E-state index is -1.04. The molecular weight excluding hydrogens is 276 g/mol. The van der Waals surface area contributed by atoms with Crippen molar-refractivity contribution in [2.45, 2.75) is 38.3 Å². The van der Waals surface area contributed by atoms with E-state index in [9.17, 15) is 4.79 Å². The molecule has 0 aliphatic heterocycles. The van der Waals surface area contributed by atoms with Crippen LogP contribution >= 0.6 is 11.3 Å². The average molecular weight is 292 g/mol. The first-order chi connectivity index (χ1) is 9.59. The molecule has 3 rings (SSSR count). The maximum Gasteiger partial charge on any atom is 0.371 e. The Labute approximate surface area is 120 Å². The van der Waals surface area contributed by atoms with E-state index in [0.29, 0.717) is 12.3 Å². The van der Waals surface area contributed by atoms with Gasteiger partial charge in [-0.2, -0.15) is 0 Å². The van der Waals surface area contributed by atoms with Crippen LogP contribution in [-0.4, -0.2) is 16.1 Å². The number of rotatable bonds is 5. The normalized spacial score (nSPS) is 16.9. The lowest BCUT2D eigenvalue weighted by atomic mass is 9.77. The lowest BCUT2D eigenvalue weighted by molar-refractivity contribution is 0.0659. The molecule has 6 heteroatoms. The molecule has 0 atom stereocenters. The molecule has 0 amide bonds. The molecule has 0 spiro atoms. The number of nitrogens with one attached hydrogen (secondary N) is 1. The van der Waals surface area contributed by atoms with Gasteiger partial charge in [0.1, 0.15) is 10.8 Å². The maximum atomic E-state index is 10.8. The number of thiazole rings is 1. The van der Waals surface area contributed by atoms with E-state index < -0.39 is 5.97 Å². The summed E-state index contributed by atoms with van der Waals surface area (Å²) < 4.78 is 5.27. The molecule has 1 aliphatic carbocycles. The zero-order valence-electron chi connectivity index (χ0n) is 11.2. The van der Waals surface area contributed by atoms with Crippen LogP contribution < -0.4 is 5.32 Å². The average Bonchev–Trinajstić information content (AvgIpc) is 2.97. The third kappa shape index (κ3) is 2.36. The minimum absolute atomic E-state index is 0.0189. The highest BCUT2D eigenvalue weighted by Gasteiger charge is 2.40. The number of furan rings is 1. The number of hydrogen-bond acceptors (Lipinski definition) is 5. The second-order valence-electron chi connectivity index (χ2n) is 5.15. The smallest absolute Gasteiger partial charge is 0.371 e. The summed E-state index contributed by atoms with van der Waals surface area (Å²) in [5.41, 5.74) is 0.985. The number of hydrogen-bond donors (Lipinski definition) is 2. The van der Waals surface area contributed by atoms with Gasteiger partial charge in [0.25, 0.3) is 0 Å². The van der Waals surface area contributed by atoms with Crippen molar-refractivity contribution in [3.8, 4) is 0 Å². The Morgan fingerprint density at radius 3 is 2.85 bits per heavy atom. The third-order valence-corrected chi connectivity index (χ3v) is 4.87. The molecule has 0 bridgehead atoms. The number of carbonyl (C=O) groups is 1. The molecular formula is C14H16N2O3S. The SMILES string of the molecule is Cc1csc(C2(NCc3ccc(C(=O)O)o3)CCC2)n1. The van der Waals surface area contributed by atoms with Crippen LogP contribution in [0.1, 0.15) is 46.3 Å². The Bertz CT molecular complexity index is 628. The van der Waals surface area contributed by atoms with Crippen molar-refractivity contribution >= 4 is 17.3 Å². The Hall–Kier alpha value is -1.66. The maximum absolute atomic E-state index is 10.8. The van der Waals surface area contributed by atoms with Gasteiger partial charge < -0.3 is 9.52 Å². The van der Waals surface area contributed by atoms with Crippen molar-refractivity contribution in [2.24, 2.45) is 0 Å². The van der Waals surface area contributed by atoms with E-state index in [2.05, 4.69) is 15.7 Å². The molecule has 2 heterocycles. The molecule has 2 aromatic rings. The number of carboxylic acids is 1. The van der Waals surface area contributed by atoms with Gasteiger partial charge in [-0.25, -0.2) is 9.78 Å². The summed E-state index contributed by atoms with van der Waals surface area (Å²) >= 11 is 1.68. The third-order valence-electron chi connectivity index (χ3n) is 3.71. The van der Waals surface area contributed by atoms with Crippen molar-refractivity contribution in [3.63, 3.8) is 0 Å². The molecule has 0 saturated heterocycles. The molecule has 106 valence electrons. The van der Waals surface area contributed by atoms with Gasteiger partial charge in [-0.3, -0.25) is 5.32 Å². The molecule has 20 heavy (non-hydrogen) atoms. The summed E-state index contributed by atoms with van der Waals surface area (Å²) in [7, 11) is 0. The molecule has 1 aliphatic rings. The zero-order chi connectivity index (χ0) is 14.2. The van der Waals surface area contributed by atoms with Gasteiger partial charge in [0.2, 0.25) is 5.76 Å². The van der Waals surface area contributed by atoms with Crippen molar-refractivity contribution in [1.82, 2.24) is 10.3 Å². The van der Waals surface area contributed by atoms with Crippen molar-refractivity contribution < 1.29 is 14.3 Å². The fourth-order valence-electron chi connectivity index (χ4n) is 2.41. The van der Waals surface area contributed by atoms with Crippen LogP contribution in [0.3, 0.4) is 0 Å². The van der Waals surface area contributed by atoms with E-state index >= 15 is 0 Å². The van der Waals surface area contributed by atoms with E-state index in [1.54, 1.807) is 17.4 Å². The highest BCUT2D eigenvalue weighted by atomic mass is 32.1. The summed E-state index contributed by atoms with van der Waals surface area (Å²) in [5.74, 6) is -0.415. The monoisotopic (exact) mass is 292 g/mol. The lowest BCUT2D eigenvalue weighted by Crippen LogP contribution is -2.47. The molecule has 0 radical (unpaired) electrons. The quantitative estimate of drug-likeness (QED) is 0.886. The highest BCUT2D eigenvalue weighted by Crippen LogP contribution is 2.42. The Morgan fingerprint density at radius 2 is 2.35 bits per heavy atom. The molecule has 0 aromatic carbocycles. The predicted octanol–water partition coefficient (Wildman–Crippen LogP) is 2.91. The number of aromatic carboxylic acids is 1. The Morgan fingerprint density at radius 1 is 1.55 bits per heavy atom. The van der Waals surface area contributed by atoms with Crippen LogP contribution in [0, 0.1) is 6.92 Å². The fraction of sp³-hybridized carbons (Fsp3) is 0.429. The number of aryl methyl sites for hydroxylation is 1. The molecule has 5 nitrogen and oxygen atoms in total. The first-order valence-electron chi connectivity index (χ1n) is 6.59. The molecule has 0 unspecified atom stereocenters. The van der Waals surface area contributed by atoms with E-state index in [0.717, 1.165) is 23.5 Å². The highest BCUT2D eigenvalue weighted by molar-refractivity contribution is 7.09. The summed E-state index contributed by atoms with van der Waals surface area (Å²) in [6.07, 6.45) is 3.31. The number of carboxylic acid groups (broad SMARTS) is 1. The topological polar surface area (TPSA) is 75.4 Å². The summed E-state index contributed by atoms with van der Waals surface area (Å²) in [4.78, 5) is 15.4. The van der Waals surface area contributed by atoms with E-state index in [1.807, 2.05) is 6.92 Å². The second kappa shape index (κ2) is 5.03. The van der Waals surface area contributed by atoms with Crippen molar-refractivity contribution in [2.75, 3.05) is 0 Å². The van der Waals surface area contributed by atoms with Gasteiger partial charge in [-0.05, 0) is 38.3 Å². The van der Waals surface area contributed by atoms with Crippen LogP contribution in [-0.2, 0) is 12.1 Å². The summed E-state index contributed by atoms with van der Waals surface area (Å²) in [6.45, 7) is 2.52. The van der Waals surface area contributed by atoms with Gasteiger partial charge >= 0.3 is 5.97 Å². The van der Waals surface area contributed by atoms with Gasteiger partial charge in [-0.15, -0.1) is 11.3 Å². The molecule has 2 N–H and O–H groups in total. The fourth-order valence-corrected chi connectivity index (χ4v) is 3.45. The molecule has 2 aromatic heterocycles. The predicted molar refractivity (Wildman–Crippen MR) is 74.9 cm³/mol. The van der Waals surface area contributed by atoms with E-state index in [1.165, 1.54) is 12.5 Å². The van der Waals surface area contributed by atoms with Gasteiger partial charge in [-0.1, -0.05) is 0 Å². The van der Waals surface area contributed by atoms with E-state index in [-0.39, 0.29) is 11.3 Å². The van der Waals surface area contributed by atoms with Crippen molar-refractivity contribution in [3.05, 3.63) is 39.7 Å². The first-order valence-corrected chi connectivity index (χ1v) is 7.47. The minimum Gasteiger partial charge on any atom is -0.475 e. The van der Waals surface area contributed by atoms with Crippen LogP contribution in [0.15, 0.2) is 21.9 Å². The summed E-state index contributed by atoms with van der Waals surface area (Å²) in [6, 6.07) is 3.19. The van der Waals surface area contributed by atoms with Crippen molar-refractivity contribution in [1.29, 1.82) is 0 Å². The number of nitrogens with zero attached hydrogens (tertiary/aromatic N) is 1. The lowest BCUT2D eigenvalue weighted by Gasteiger charge is -2.41. The van der Waals surface area contributed by atoms with E-state index in [4.69, 9.17) is 9.52 Å². The Balaban J connectivity index is 1.70. The molecule has 1 saturated carbocycles. The largest absolute Gasteiger partial charge is 0.475 e. The van der Waals surface area contributed by atoms with Crippen LogP contribution in [0.5, 0.6) is 0 Å². The first kappa shape index (κ1) is 13.3. The standard InChI is InChI=1S/C14H16N2O3S/c1-9-8-20-13(16-9)14(5-2-6-14)15-7-10-3-4-11(19-10)12(17)18/h3-4,8,15H,2,5-7H2,1H3,(H,17,18). The molecule has 1 fully saturated rings. The van der Waals surface area contributed by atoms with Crippen LogP contribution in [0.25, 0.3) is 0 Å². The van der Waals surface area contributed by atoms with Crippen LogP contribution in [0.4, 0.5) is 0 Å². The zero-order valence-corrected chi connectivity index (χ0v) is 12.0. The summed E-state index contributed by atoms with van der Waals surface area (Å²) in [5, 5.41) is 15.5. The second-order valence-corrected chi connectivity index (χ2v) is 6.01. The number of aromatic nitrogens is 1. The van der Waals surface area contributed by atoms with Gasteiger partial charge in [0.05, 0.1) is 12.1 Å². The van der Waals surface area contributed by atoms with Gasteiger partial charge in [0, 0.05) is 11.1 Å².